The van der Waals surface area contributed by atoms with Crippen molar-refractivity contribution in [2.24, 2.45) is 0 Å². The van der Waals surface area contributed by atoms with Crippen molar-refractivity contribution in [2.75, 3.05) is 53.4 Å². The Hall–Kier alpha value is -1.96. The lowest BCUT2D eigenvalue weighted by molar-refractivity contribution is 0.297. The molecule has 0 aliphatic carbocycles. The van der Waals surface area contributed by atoms with Gasteiger partial charge in [-0.2, -0.15) is 0 Å². The van der Waals surface area contributed by atoms with Crippen molar-refractivity contribution in [3.8, 4) is 0 Å². The Morgan fingerprint density at radius 1 is 1.06 bits per heavy atom. The molecule has 0 aliphatic rings. The molecule has 2 N–H and O–H groups in total. The van der Waals surface area contributed by atoms with Crippen LogP contribution < -0.4 is 10.9 Å². The summed E-state index contributed by atoms with van der Waals surface area (Å²) in [5.41, 5.74) is 3.87. The molecule has 0 unspecified atom stereocenters. The zero-order valence-corrected chi connectivity index (χ0v) is 20.9. The van der Waals surface area contributed by atoms with Gasteiger partial charge in [0.05, 0.1) is 12.1 Å². The van der Waals surface area contributed by atoms with Crippen LogP contribution in [0.4, 0.5) is 0 Å². The topological polar surface area (TPSA) is 54.6 Å². The van der Waals surface area contributed by atoms with Gasteiger partial charge in [-0.3, -0.25) is 4.79 Å². The molecule has 2 rings (SSSR count). The van der Waals surface area contributed by atoms with E-state index in [0.717, 1.165) is 73.3 Å². The van der Waals surface area contributed by atoms with Gasteiger partial charge in [-0.25, -0.2) is 0 Å². The Morgan fingerprint density at radius 2 is 1.74 bits per heavy atom. The third-order valence-corrected chi connectivity index (χ3v) is 6.21. The van der Waals surface area contributed by atoms with Crippen LogP contribution in [0.3, 0.4) is 0 Å². The molecule has 172 valence electrons. The lowest BCUT2D eigenvalue weighted by Gasteiger charge is -2.27. The summed E-state index contributed by atoms with van der Waals surface area (Å²) < 4.78 is 0. The standard InChI is InChI=1S/C24H39N5OS/c1-7-28(8-2)13-9-12-25-24(31)29(15-14-27(5)6)17-20-16-21-18(3)10-11-19(4)22(21)26-23(20)30/h10-11,16H,7-9,12-15,17H2,1-6H3,(H,25,31)(H,26,30). The van der Waals surface area contributed by atoms with E-state index >= 15 is 0 Å². The number of thiocarbonyl (C=S) groups is 1. The van der Waals surface area contributed by atoms with Crippen molar-refractivity contribution in [3.05, 3.63) is 45.2 Å². The number of nitrogens with one attached hydrogen (secondary N) is 2. The Labute approximate surface area is 192 Å². The minimum Gasteiger partial charge on any atom is -0.363 e. The Bertz CT molecular complexity index is 920. The van der Waals surface area contributed by atoms with E-state index in [9.17, 15) is 4.79 Å². The second-order valence-corrected chi connectivity index (χ2v) is 8.84. The van der Waals surface area contributed by atoms with E-state index in [0.29, 0.717) is 11.7 Å². The summed E-state index contributed by atoms with van der Waals surface area (Å²) >= 11 is 5.72. The number of nitrogens with zero attached hydrogens (tertiary/aromatic N) is 3. The molecule has 1 aromatic heterocycles. The van der Waals surface area contributed by atoms with Gasteiger partial charge in [0.15, 0.2) is 5.11 Å². The molecule has 0 atom stereocenters. The third kappa shape index (κ3) is 7.30. The van der Waals surface area contributed by atoms with Crippen LogP contribution in [0, 0.1) is 13.8 Å². The fraction of sp³-hybridized carbons (Fsp3) is 0.583. The number of hydrogen-bond donors (Lipinski definition) is 2. The number of pyridine rings is 1. The highest BCUT2D eigenvalue weighted by Gasteiger charge is 2.14. The normalized spacial score (nSPS) is 11.5. The monoisotopic (exact) mass is 445 g/mol. The van der Waals surface area contributed by atoms with Gasteiger partial charge in [-0.05, 0) is 83.4 Å². The maximum absolute atomic E-state index is 12.8. The van der Waals surface area contributed by atoms with Crippen LogP contribution in [0.15, 0.2) is 23.0 Å². The van der Waals surface area contributed by atoms with Crippen molar-refractivity contribution in [3.63, 3.8) is 0 Å². The van der Waals surface area contributed by atoms with Crippen molar-refractivity contribution in [1.82, 2.24) is 25.0 Å². The molecular weight excluding hydrogens is 406 g/mol. The highest BCUT2D eigenvalue weighted by Crippen LogP contribution is 2.20. The minimum absolute atomic E-state index is 0.0413. The van der Waals surface area contributed by atoms with Crippen LogP contribution in [-0.4, -0.2) is 78.2 Å². The Kier molecular flexibility index (Phi) is 9.93. The van der Waals surface area contributed by atoms with Crippen molar-refractivity contribution >= 4 is 28.2 Å². The number of H-pyrrole nitrogens is 1. The second kappa shape index (κ2) is 12.2. The van der Waals surface area contributed by atoms with Crippen LogP contribution in [0.25, 0.3) is 10.9 Å². The zero-order chi connectivity index (χ0) is 23.0. The molecule has 0 saturated carbocycles. The average molecular weight is 446 g/mol. The first-order valence-electron chi connectivity index (χ1n) is 11.3. The average Bonchev–Trinajstić information content (AvgIpc) is 2.74. The molecular formula is C24H39N5OS. The van der Waals surface area contributed by atoms with Crippen molar-refractivity contribution < 1.29 is 0 Å². The largest absolute Gasteiger partial charge is 0.363 e. The minimum atomic E-state index is -0.0413. The maximum atomic E-state index is 12.8. The second-order valence-electron chi connectivity index (χ2n) is 8.45. The summed E-state index contributed by atoms with van der Waals surface area (Å²) in [5, 5.41) is 5.21. The van der Waals surface area contributed by atoms with E-state index < -0.39 is 0 Å². The molecule has 0 aliphatic heterocycles. The van der Waals surface area contributed by atoms with Gasteiger partial charge < -0.3 is 25.0 Å². The molecule has 1 aromatic carbocycles. The summed E-state index contributed by atoms with van der Waals surface area (Å²) in [4.78, 5) is 22.6. The highest BCUT2D eigenvalue weighted by atomic mass is 32.1. The fourth-order valence-electron chi connectivity index (χ4n) is 3.66. The number of likely N-dealkylation sites (N-methyl/N-ethyl adjacent to an activating group) is 1. The Morgan fingerprint density at radius 3 is 2.39 bits per heavy atom. The Balaban J connectivity index is 2.14. The van der Waals surface area contributed by atoms with Gasteiger partial charge in [-0.1, -0.05) is 26.0 Å². The van der Waals surface area contributed by atoms with E-state index in [1.807, 2.05) is 33.2 Å². The number of fused-ring (bicyclic) bond motifs is 1. The molecule has 0 spiro atoms. The van der Waals surface area contributed by atoms with E-state index in [1.165, 1.54) is 0 Å². The quantitative estimate of drug-likeness (QED) is 0.409. The summed E-state index contributed by atoms with van der Waals surface area (Å²) in [7, 11) is 4.10. The van der Waals surface area contributed by atoms with Gasteiger partial charge in [0.1, 0.15) is 0 Å². The first-order valence-corrected chi connectivity index (χ1v) is 11.7. The first kappa shape index (κ1) is 25.3. The molecule has 7 heteroatoms. The van der Waals surface area contributed by atoms with Gasteiger partial charge in [0.2, 0.25) is 0 Å². The van der Waals surface area contributed by atoms with Crippen LogP contribution in [0.1, 0.15) is 37.0 Å². The number of aromatic amines is 1. The fourth-order valence-corrected chi connectivity index (χ4v) is 3.92. The molecule has 1 heterocycles. The molecule has 0 saturated heterocycles. The number of hydrogen-bond acceptors (Lipinski definition) is 4. The smallest absolute Gasteiger partial charge is 0.253 e. The van der Waals surface area contributed by atoms with Crippen LogP contribution in [0.5, 0.6) is 0 Å². The third-order valence-electron chi connectivity index (χ3n) is 5.81. The summed E-state index contributed by atoms with van der Waals surface area (Å²) in [6, 6.07) is 6.18. The van der Waals surface area contributed by atoms with Gasteiger partial charge >= 0.3 is 0 Å². The molecule has 0 fully saturated rings. The first-order chi connectivity index (χ1) is 14.8. The van der Waals surface area contributed by atoms with E-state index in [1.54, 1.807) is 0 Å². The van der Waals surface area contributed by atoms with Gasteiger partial charge in [0, 0.05) is 30.6 Å². The van der Waals surface area contributed by atoms with E-state index in [4.69, 9.17) is 12.2 Å². The van der Waals surface area contributed by atoms with Crippen molar-refractivity contribution in [1.29, 1.82) is 0 Å². The summed E-state index contributed by atoms with van der Waals surface area (Å²) in [5.74, 6) is 0. The zero-order valence-electron chi connectivity index (χ0n) is 20.0. The molecule has 0 radical (unpaired) electrons. The predicted octanol–water partition coefficient (Wildman–Crippen LogP) is 3.11. The SMILES string of the molecule is CCN(CC)CCCNC(=S)N(CCN(C)C)Cc1cc2c(C)ccc(C)c2[nH]c1=O. The number of benzene rings is 1. The van der Waals surface area contributed by atoms with Gasteiger partial charge in [-0.15, -0.1) is 0 Å². The lowest BCUT2D eigenvalue weighted by atomic mass is 10.0. The van der Waals surface area contributed by atoms with Crippen LogP contribution in [0.2, 0.25) is 0 Å². The van der Waals surface area contributed by atoms with Crippen molar-refractivity contribution in [2.45, 2.75) is 40.7 Å². The lowest BCUT2D eigenvalue weighted by Crippen LogP contribution is -2.44. The highest BCUT2D eigenvalue weighted by molar-refractivity contribution is 7.80. The summed E-state index contributed by atoms with van der Waals surface area (Å²) in [6.45, 7) is 14.6. The van der Waals surface area contributed by atoms with Gasteiger partial charge in [0.25, 0.3) is 5.56 Å². The predicted molar refractivity (Wildman–Crippen MR) is 136 cm³/mol. The molecule has 2 aromatic rings. The van der Waals surface area contributed by atoms with Crippen LogP contribution in [-0.2, 0) is 6.54 Å². The molecule has 31 heavy (non-hydrogen) atoms. The van der Waals surface area contributed by atoms with E-state index in [-0.39, 0.29) is 5.56 Å². The molecule has 0 amide bonds. The van der Waals surface area contributed by atoms with E-state index in [2.05, 4.69) is 51.8 Å². The molecule has 6 nitrogen and oxygen atoms in total. The number of aryl methyl sites for hydroxylation is 2. The number of aromatic nitrogens is 1. The maximum Gasteiger partial charge on any atom is 0.253 e. The summed E-state index contributed by atoms with van der Waals surface area (Å²) in [6.07, 6.45) is 1.04. The molecule has 0 bridgehead atoms. The number of rotatable bonds is 11. The van der Waals surface area contributed by atoms with Crippen LogP contribution >= 0.6 is 12.2 Å².